The van der Waals surface area contributed by atoms with Crippen LogP contribution in [0.4, 0.5) is 0 Å². The summed E-state index contributed by atoms with van der Waals surface area (Å²) >= 11 is 5.45. The Morgan fingerprint density at radius 2 is 2.00 bits per heavy atom. The van der Waals surface area contributed by atoms with Gasteiger partial charge in [-0.25, -0.2) is 0 Å². The number of aliphatic hydroxyl groups is 1. The summed E-state index contributed by atoms with van der Waals surface area (Å²) in [5.41, 5.74) is 3.54. The van der Waals surface area contributed by atoms with E-state index < -0.39 is 0 Å². The van der Waals surface area contributed by atoms with Gasteiger partial charge in [0.25, 0.3) is 0 Å². The Morgan fingerprint density at radius 3 is 2.72 bits per heavy atom. The molecule has 96 valence electrons. The summed E-state index contributed by atoms with van der Waals surface area (Å²) in [6.07, 6.45) is 3.66. The van der Waals surface area contributed by atoms with Crippen molar-refractivity contribution in [1.82, 2.24) is 9.55 Å². The Balaban J connectivity index is 2.06. The lowest BCUT2D eigenvalue weighted by Gasteiger charge is -2.27. The molecule has 1 aromatic heterocycles. The predicted octanol–water partition coefficient (Wildman–Crippen LogP) is 3.48. The van der Waals surface area contributed by atoms with E-state index in [1.165, 1.54) is 11.1 Å². The van der Waals surface area contributed by atoms with Crippen molar-refractivity contribution in [1.29, 1.82) is 0 Å². The summed E-state index contributed by atoms with van der Waals surface area (Å²) in [5, 5.41) is 9.60. The molecule has 3 nitrogen and oxygen atoms in total. The molecule has 4 heteroatoms. The molecule has 1 aliphatic rings. The number of aliphatic hydroxyl groups excluding tert-OH is 1. The van der Waals surface area contributed by atoms with Crippen LogP contribution < -0.4 is 0 Å². The Bertz CT molecular complexity index is 620. The quantitative estimate of drug-likeness (QED) is 0.772. The molecule has 1 fully saturated rings. The molecule has 1 saturated carbocycles. The van der Waals surface area contributed by atoms with E-state index in [9.17, 15) is 5.11 Å². The zero-order valence-electron chi connectivity index (χ0n) is 10.5. The van der Waals surface area contributed by atoms with Crippen LogP contribution in [0, 0.1) is 11.7 Å². The molecule has 2 N–H and O–H groups in total. The first-order valence-electron chi connectivity index (χ1n) is 6.54. The van der Waals surface area contributed by atoms with E-state index in [2.05, 4.69) is 34.7 Å². The van der Waals surface area contributed by atoms with Gasteiger partial charge in [0, 0.05) is 6.04 Å². The van der Waals surface area contributed by atoms with Crippen LogP contribution in [0.5, 0.6) is 0 Å². The fourth-order valence-electron chi connectivity index (χ4n) is 2.92. The Morgan fingerprint density at radius 1 is 1.28 bits per heavy atom. The summed E-state index contributed by atoms with van der Waals surface area (Å²) in [7, 11) is 0. The average Bonchev–Trinajstić information content (AvgIpc) is 2.65. The first-order valence-corrected chi connectivity index (χ1v) is 6.95. The molecule has 0 spiro atoms. The fraction of sp³-hybridized carbons (Fsp3) is 0.500. The number of H-pyrrole nitrogens is 1. The maximum Gasteiger partial charge on any atom is 0.178 e. The number of aromatic nitrogens is 2. The molecule has 0 radical (unpaired) electrons. The van der Waals surface area contributed by atoms with Crippen LogP contribution >= 0.6 is 12.2 Å². The van der Waals surface area contributed by atoms with E-state index in [1.807, 2.05) is 0 Å². The number of rotatable bonds is 1. The van der Waals surface area contributed by atoms with Gasteiger partial charge in [0.1, 0.15) is 0 Å². The molecule has 0 bridgehead atoms. The number of aromatic amines is 1. The zero-order valence-corrected chi connectivity index (χ0v) is 11.3. The second-order valence-electron chi connectivity index (χ2n) is 5.28. The van der Waals surface area contributed by atoms with Gasteiger partial charge in [-0.05, 0) is 62.5 Å². The topological polar surface area (TPSA) is 41.0 Å². The summed E-state index contributed by atoms with van der Waals surface area (Å²) in [5.74, 6) is 0. The van der Waals surface area contributed by atoms with E-state index in [-0.39, 0.29) is 6.10 Å². The normalized spacial score (nSPS) is 24.6. The van der Waals surface area contributed by atoms with Crippen LogP contribution in [0.25, 0.3) is 11.0 Å². The predicted molar refractivity (Wildman–Crippen MR) is 75.4 cm³/mol. The minimum absolute atomic E-state index is 0.122. The Hall–Kier alpha value is -1.13. The number of nitrogens with zero attached hydrogens (tertiary/aromatic N) is 1. The molecule has 18 heavy (non-hydrogen) atoms. The van der Waals surface area contributed by atoms with E-state index in [4.69, 9.17) is 12.2 Å². The van der Waals surface area contributed by atoms with Crippen LogP contribution in [0.1, 0.15) is 37.3 Å². The van der Waals surface area contributed by atoms with Crippen LogP contribution in [-0.2, 0) is 0 Å². The van der Waals surface area contributed by atoms with E-state index in [1.54, 1.807) is 0 Å². The molecule has 0 amide bonds. The number of fused-ring (bicyclic) bond motifs is 1. The highest BCUT2D eigenvalue weighted by Crippen LogP contribution is 2.31. The van der Waals surface area contributed by atoms with Crippen LogP contribution in [0.2, 0.25) is 0 Å². The zero-order chi connectivity index (χ0) is 12.7. The van der Waals surface area contributed by atoms with Crippen molar-refractivity contribution in [2.45, 2.75) is 44.8 Å². The van der Waals surface area contributed by atoms with Gasteiger partial charge in [-0.15, -0.1) is 0 Å². The molecule has 3 rings (SSSR count). The minimum atomic E-state index is -0.122. The lowest BCUT2D eigenvalue weighted by atomic mass is 9.93. The molecule has 1 aliphatic carbocycles. The first kappa shape index (κ1) is 11.9. The summed E-state index contributed by atoms with van der Waals surface area (Å²) in [6, 6.07) is 6.83. The number of benzene rings is 1. The SMILES string of the molecule is Cc1ccc2c(c1)[nH]c(=S)n2C1CCC(O)CC1. The minimum Gasteiger partial charge on any atom is -0.393 e. The molecular weight excluding hydrogens is 244 g/mol. The first-order chi connectivity index (χ1) is 8.65. The van der Waals surface area contributed by atoms with Gasteiger partial charge in [-0.1, -0.05) is 6.07 Å². The molecular formula is C14H18N2OS. The highest BCUT2D eigenvalue weighted by Gasteiger charge is 2.22. The van der Waals surface area contributed by atoms with Crippen molar-refractivity contribution >= 4 is 23.3 Å². The average molecular weight is 262 g/mol. The van der Waals surface area contributed by atoms with Gasteiger partial charge in [0.05, 0.1) is 17.1 Å². The van der Waals surface area contributed by atoms with Crippen molar-refractivity contribution in [3.8, 4) is 0 Å². The lowest BCUT2D eigenvalue weighted by Crippen LogP contribution is -2.21. The van der Waals surface area contributed by atoms with Gasteiger partial charge in [-0.2, -0.15) is 0 Å². The molecule has 0 atom stereocenters. The van der Waals surface area contributed by atoms with E-state index >= 15 is 0 Å². The van der Waals surface area contributed by atoms with Gasteiger partial charge in [-0.3, -0.25) is 0 Å². The summed E-state index contributed by atoms with van der Waals surface area (Å²) < 4.78 is 3.03. The van der Waals surface area contributed by atoms with Crippen LogP contribution in [0.15, 0.2) is 18.2 Å². The largest absolute Gasteiger partial charge is 0.393 e. The third-order valence-corrected chi connectivity index (χ3v) is 4.20. The highest BCUT2D eigenvalue weighted by molar-refractivity contribution is 7.71. The van der Waals surface area contributed by atoms with Crippen molar-refractivity contribution in [2.75, 3.05) is 0 Å². The molecule has 0 saturated heterocycles. The molecule has 1 aromatic carbocycles. The number of nitrogens with one attached hydrogen (secondary N) is 1. The van der Waals surface area contributed by atoms with Crippen molar-refractivity contribution < 1.29 is 5.11 Å². The van der Waals surface area contributed by atoms with E-state index in [0.29, 0.717) is 6.04 Å². The lowest BCUT2D eigenvalue weighted by molar-refractivity contribution is 0.111. The third kappa shape index (κ3) is 1.99. The molecule has 0 unspecified atom stereocenters. The summed E-state index contributed by atoms with van der Waals surface area (Å²) in [6.45, 7) is 2.09. The Kier molecular flexibility index (Phi) is 2.99. The summed E-state index contributed by atoms with van der Waals surface area (Å²) in [4.78, 5) is 3.29. The monoisotopic (exact) mass is 262 g/mol. The number of imidazole rings is 1. The smallest absolute Gasteiger partial charge is 0.178 e. The standard InChI is InChI=1S/C14H18N2OS/c1-9-2-7-13-12(8-9)15-14(18)16(13)10-3-5-11(17)6-4-10/h2,7-8,10-11,17H,3-6H2,1H3,(H,15,18). The van der Waals surface area contributed by atoms with Gasteiger partial charge >= 0.3 is 0 Å². The number of hydrogen-bond donors (Lipinski definition) is 2. The van der Waals surface area contributed by atoms with Gasteiger partial charge in [0.2, 0.25) is 0 Å². The maximum atomic E-state index is 9.60. The van der Waals surface area contributed by atoms with Crippen LogP contribution in [0.3, 0.4) is 0 Å². The second kappa shape index (κ2) is 4.52. The van der Waals surface area contributed by atoms with Crippen molar-refractivity contribution in [3.63, 3.8) is 0 Å². The van der Waals surface area contributed by atoms with Crippen molar-refractivity contribution in [3.05, 3.63) is 28.5 Å². The van der Waals surface area contributed by atoms with Crippen molar-refractivity contribution in [2.24, 2.45) is 0 Å². The Labute approximate surface area is 111 Å². The van der Waals surface area contributed by atoms with Crippen LogP contribution in [-0.4, -0.2) is 20.8 Å². The highest BCUT2D eigenvalue weighted by atomic mass is 32.1. The van der Waals surface area contributed by atoms with E-state index in [0.717, 1.165) is 36.0 Å². The maximum absolute atomic E-state index is 9.60. The number of aryl methyl sites for hydroxylation is 1. The van der Waals surface area contributed by atoms with Gasteiger partial charge < -0.3 is 14.7 Å². The molecule has 1 heterocycles. The molecule has 0 aliphatic heterocycles. The number of hydrogen-bond acceptors (Lipinski definition) is 2. The fourth-order valence-corrected chi connectivity index (χ4v) is 3.28. The molecule has 2 aromatic rings. The third-order valence-electron chi connectivity index (χ3n) is 3.90. The van der Waals surface area contributed by atoms with Gasteiger partial charge in [0.15, 0.2) is 4.77 Å². The second-order valence-corrected chi connectivity index (χ2v) is 5.67.